The molecule has 0 unspecified atom stereocenters. The van der Waals surface area contributed by atoms with Crippen molar-refractivity contribution >= 4 is 0 Å². The van der Waals surface area contributed by atoms with Gasteiger partial charge in [-0.05, 0) is 25.0 Å². The van der Waals surface area contributed by atoms with Crippen LogP contribution in [0.5, 0.6) is 5.88 Å². The van der Waals surface area contributed by atoms with Crippen LogP contribution in [-0.2, 0) is 5.54 Å². The Hall–Kier alpha value is -1.95. The van der Waals surface area contributed by atoms with Gasteiger partial charge in [-0.3, -0.25) is 0 Å². The lowest BCUT2D eigenvalue weighted by molar-refractivity contribution is 0.334. The fraction of sp³-hybridized carbons (Fsp3) is 0.533. The fourth-order valence-corrected chi connectivity index (χ4v) is 2.83. The first-order valence-corrected chi connectivity index (χ1v) is 7.35. The molecular formula is C15H20N4O2. The van der Waals surface area contributed by atoms with Crippen LogP contribution in [0.2, 0.25) is 0 Å². The summed E-state index contributed by atoms with van der Waals surface area (Å²) in [6, 6.07) is 3.66. The highest BCUT2D eigenvalue weighted by Gasteiger charge is 2.33. The Labute approximate surface area is 123 Å². The molecule has 1 fully saturated rings. The van der Waals surface area contributed by atoms with E-state index in [4.69, 9.17) is 15.0 Å². The van der Waals surface area contributed by atoms with Gasteiger partial charge in [0.1, 0.15) is 5.56 Å². The second kappa shape index (κ2) is 5.81. The summed E-state index contributed by atoms with van der Waals surface area (Å²) in [5, 5.41) is 4.11. The largest absolute Gasteiger partial charge is 0.480 e. The Morgan fingerprint density at radius 3 is 2.71 bits per heavy atom. The van der Waals surface area contributed by atoms with E-state index in [1.165, 1.54) is 12.8 Å². The van der Waals surface area contributed by atoms with Crippen LogP contribution in [0.15, 0.2) is 22.9 Å². The lowest BCUT2D eigenvalue weighted by Crippen LogP contribution is -2.37. The summed E-state index contributed by atoms with van der Waals surface area (Å²) in [5.41, 5.74) is 6.72. The molecule has 0 aromatic carbocycles. The third kappa shape index (κ3) is 2.76. The first-order valence-electron chi connectivity index (χ1n) is 7.35. The number of pyridine rings is 1. The molecule has 2 aromatic heterocycles. The lowest BCUT2D eigenvalue weighted by atomic mass is 9.91. The molecule has 0 saturated heterocycles. The van der Waals surface area contributed by atoms with Gasteiger partial charge in [-0.15, -0.1) is 0 Å². The molecule has 6 nitrogen and oxygen atoms in total. The van der Waals surface area contributed by atoms with E-state index in [1.807, 2.05) is 12.1 Å². The van der Waals surface area contributed by atoms with E-state index in [0.29, 0.717) is 23.2 Å². The molecular weight excluding hydrogens is 268 g/mol. The summed E-state index contributed by atoms with van der Waals surface area (Å²) >= 11 is 0. The summed E-state index contributed by atoms with van der Waals surface area (Å²) in [7, 11) is 1.57. The van der Waals surface area contributed by atoms with E-state index >= 15 is 0 Å². The van der Waals surface area contributed by atoms with Crippen molar-refractivity contribution in [2.75, 3.05) is 7.11 Å². The summed E-state index contributed by atoms with van der Waals surface area (Å²) < 4.78 is 10.6. The van der Waals surface area contributed by atoms with Gasteiger partial charge in [0.05, 0.1) is 12.6 Å². The summed E-state index contributed by atoms with van der Waals surface area (Å²) in [5.74, 6) is 1.47. The summed E-state index contributed by atoms with van der Waals surface area (Å²) in [6.45, 7) is 0. The lowest BCUT2D eigenvalue weighted by Gasteiger charge is -2.23. The van der Waals surface area contributed by atoms with Crippen molar-refractivity contribution in [1.29, 1.82) is 0 Å². The van der Waals surface area contributed by atoms with Gasteiger partial charge in [0.2, 0.25) is 5.88 Å². The number of ether oxygens (including phenoxy) is 1. The quantitative estimate of drug-likeness (QED) is 0.874. The third-order valence-electron chi connectivity index (χ3n) is 4.06. The van der Waals surface area contributed by atoms with E-state index < -0.39 is 5.54 Å². The maximum absolute atomic E-state index is 6.51. The van der Waals surface area contributed by atoms with Crippen molar-refractivity contribution in [3.63, 3.8) is 0 Å². The molecule has 2 heterocycles. The van der Waals surface area contributed by atoms with Gasteiger partial charge < -0.3 is 15.0 Å². The number of hydrogen-bond donors (Lipinski definition) is 1. The molecule has 3 rings (SSSR count). The molecule has 1 aliphatic rings. The van der Waals surface area contributed by atoms with Crippen molar-refractivity contribution < 1.29 is 9.26 Å². The van der Waals surface area contributed by atoms with E-state index in [-0.39, 0.29) is 0 Å². The highest BCUT2D eigenvalue weighted by atomic mass is 16.5. The van der Waals surface area contributed by atoms with Gasteiger partial charge in [0.25, 0.3) is 5.89 Å². The summed E-state index contributed by atoms with van der Waals surface area (Å²) in [4.78, 5) is 8.65. The Kier molecular flexibility index (Phi) is 3.88. The second-order valence-electron chi connectivity index (χ2n) is 5.55. The minimum Gasteiger partial charge on any atom is -0.480 e. The first-order chi connectivity index (χ1) is 10.2. The van der Waals surface area contributed by atoms with E-state index in [9.17, 15) is 0 Å². The fourth-order valence-electron chi connectivity index (χ4n) is 2.83. The maximum Gasteiger partial charge on any atom is 0.263 e. The molecule has 21 heavy (non-hydrogen) atoms. The Morgan fingerprint density at radius 1 is 1.24 bits per heavy atom. The minimum absolute atomic E-state index is 0.407. The minimum atomic E-state index is -0.478. The van der Waals surface area contributed by atoms with Gasteiger partial charge in [-0.2, -0.15) is 4.98 Å². The van der Waals surface area contributed by atoms with Crippen molar-refractivity contribution in [1.82, 2.24) is 15.1 Å². The van der Waals surface area contributed by atoms with Gasteiger partial charge in [0, 0.05) is 6.20 Å². The number of methoxy groups -OCH3 is 1. The molecule has 1 saturated carbocycles. The molecule has 0 amide bonds. The maximum atomic E-state index is 6.51. The zero-order valence-electron chi connectivity index (χ0n) is 12.2. The first kappa shape index (κ1) is 14.0. The van der Waals surface area contributed by atoms with Crippen molar-refractivity contribution in [2.24, 2.45) is 5.73 Å². The molecule has 6 heteroatoms. The van der Waals surface area contributed by atoms with Crippen LogP contribution >= 0.6 is 0 Å². The zero-order chi connectivity index (χ0) is 14.7. The molecule has 0 bridgehead atoms. The third-order valence-corrected chi connectivity index (χ3v) is 4.06. The molecule has 112 valence electrons. The molecule has 0 atom stereocenters. The van der Waals surface area contributed by atoms with Crippen molar-refractivity contribution in [3.05, 3.63) is 24.2 Å². The Morgan fingerprint density at radius 2 is 2.00 bits per heavy atom. The highest BCUT2D eigenvalue weighted by molar-refractivity contribution is 5.59. The van der Waals surface area contributed by atoms with Crippen molar-refractivity contribution in [3.8, 4) is 17.3 Å². The topological polar surface area (TPSA) is 87.1 Å². The SMILES string of the molecule is COc1ncccc1-c1nc(C2(N)CCCCCC2)no1. The molecule has 0 aliphatic heterocycles. The van der Waals surface area contributed by atoms with Gasteiger partial charge in [-0.1, -0.05) is 30.8 Å². The van der Waals surface area contributed by atoms with Gasteiger partial charge >= 0.3 is 0 Å². The number of rotatable bonds is 3. The second-order valence-corrected chi connectivity index (χ2v) is 5.55. The standard InChI is InChI=1S/C15H20N4O2/c1-20-12-11(7-6-10-17-12)13-18-14(19-21-13)15(16)8-4-2-3-5-9-15/h6-7,10H,2-5,8-9,16H2,1H3. The van der Waals surface area contributed by atoms with E-state index in [2.05, 4.69) is 15.1 Å². The molecule has 1 aliphatic carbocycles. The number of hydrogen-bond acceptors (Lipinski definition) is 6. The van der Waals surface area contributed by atoms with Crippen LogP contribution in [0, 0.1) is 0 Å². The normalized spacial score (nSPS) is 18.2. The van der Waals surface area contributed by atoms with Gasteiger partial charge in [0.15, 0.2) is 5.82 Å². The smallest absolute Gasteiger partial charge is 0.263 e. The monoisotopic (exact) mass is 288 g/mol. The van der Waals surface area contributed by atoms with Crippen LogP contribution in [0.4, 0.5) is 0 Å². The van der Waals surface area contributed by atoms with Crippen molar-refractivity contribution in [2.45, 2.75) is 44.1 Å². The van der Waals surface area contributed by atoms with Crippen LogP contribution < -0.4 is 10.5 Å². The average molecular weight is 288 g/mol. The van der Waals surface area contributed by atoms with Crippen LogP contribution in [0.3, 0.4) is 0 Å². The highest BCUT2D eigenvalue weighted by Crippen LogP contribution is 2.34. The van der Waals surface area contributed by atoms with Gasteiger partial charge in [-0.25, -0.2) is 4.98 Å². The van der Waals surface area contributed by atoms with Crippen LogP contribution in [-0.4, -0.2) is 22.2 Å². The number of aromatic nitrogens is 3. The number of nitrogens with zero attached hydrogens (tertiary/aromatic N) is 3. The zero-order valence-corrected chi connectivity index (χ0v) is 12.2. The predicted molar refractivity (Wildman–Crippen MR) is 77.6 cm³/mol. The molecule has 2 N–H and O–H groups in total. The predicted octanol–water partition coefficient (Wildman–Crippen LogP) is 2.65. The molecule has 0 spiro atoms. The Bertz CT molecular complexity index is 603. The summed E-state index contributed by atoms with van der Waals surface area (Å²) in [6.07, 6.45) is 8.12. The molecule has 2 aromatic rings. The van der Waals surface area contributed by atoms with Crippen LogP contribution in [0.25, 0.3) is 11.5 Å². The van der Waals surface area contributed by atoms with Crippen LogP contribution in [0.1, 0.15) is 44.3 Å². The average Bonchev–Trinajstić information content (AvgIpc) is 2.91. The molecule has 0 radical (unpaired) electrons. The number of nitrogens with two attached hydrogens (primary N) is 1. The van der Waals surface area contributed by atoms with E-state index in [1.54, 1.807) is 13.3 Å². The Balaban J connectivity index is 1.92. The van der Waals surface area contributed by atoms with E-state index in [0.717, 1.165) is 25.7 Å².